The SMILES string of the molecule is CC1CCN(c2ccc3c(c2F)N(C)[C@H](C(C)C)C(=O)N[C@@H](CO)C3)C1. The second kappa shape index (κ2) is 7.43. The maximum absolute atomic E-state index is 15.6. The summed E-state index contributed by atoms with van der Waals surface area (Å²) in [6.07, 6.45) is 1.48. The van der Waals surface area contributed by atoms with Crippen molar-refractivity contribution in [3.05, 3.63) is 23.5 Å². The van der Waals surface area contributed by atoms with E-state index < -0.39 is 12.1 Å². The number of likely N-dealkylation sites (N-methyl/N-ethyl adjacent to an activating group) is 1. The van der Waals surface area contributed by atoms with Crippen molar-refractivity contribution >= 4 is 17.3 Å². The van der Waals surface area contributed by atoms with Crippen LogP contribution in [0.4, 0.5) is 15.8 Å². The lowest BCUT2D eigenvalue weighted by atomic mass is 9.94. The first-order chi connectivity index (χ1) is 12.3. The van der Waals surface area contributed by atoms with Crippen LogP contribution in [-0.2, 0) is 11.2 Å². The molecule has 26 heavy (non-hydrogen) atoms. The highest BCUT2D eigenvalue weighted by atomic mass is 19.1. The van der Waals surface area contributed by atoms with E-state index in [1.807, 2.05) is 26.0 Å². The summed E-state index contributed by atoms with van der Waals surface area (Å²) in [4.78, 5) is 16.6. The second-order valence-corrected chi connectivity index (χ2v) is 8.14. The summed E-state index contributed by atoms with van der Waals surface area (Å²) in [6.45, 7) is 7.65. The van der Waals surface area contributed by atoms with Gasteiger partial charge in [0.05, 0.1) is 24.0 Å². The van der Waals surface area contributed by atoms with E-state index >= 15 is 4.39 Å². The van der Waals surface area contributed by atoms with Crippen LogP contribution in [0, 0.1) is 17.7 Å². The Morgan fingerprint density at radius 1 is 1.38 bits per heavy atom. The van der Waals surface area contributed by atoms with Crippen molar-refractivity contribution in [2.24, 2.45) is 11.8 Å². The third-order valence-corrected chi connectivity index (χ3v) is 5.65. The predicted molar refractivity (Wildman–Crippen MR) is 102 cm³/mol. The summed E-state index contributed by atoms with van der Waals surface area (Å²) in [7, 11) is 1.79. The summed E-state index contributed by atoms with van der Waals surface area (Å²) >= 11 is 0. The van der Waals surface area contributed by atoms with Crippen LogP contribution in [0.5, 0.6) is 0 Å². The van der Waals surface area contributed by atoms with Crippen LogP contribution < -0.4 is 15.1 Å². The molecule has 144 valence electrons. The van der Waals surface area contributed by atoms with Gasteiger partial charge in [-0.3, -0.25) is 4.79 Å². The van der Waals surface area contributed by atoms with Gasteiger partial charge in [0, 0.05) is 20.1 Å². The molecule has 0 spiro atoms. The highest BCUT2D eigenvalue weighted by Crippen LogP contribution is 2.37. The minimum Gasteiger partial charge on any atom is -0.394 e. The Morgan fingerprint density at radius 2 is 2.12 bits per heavy atom. The number of carbonyl (C=O) groups is 1. The number of aliphatic hydroxyl groups excluding tert-OH is 1. The lowest BCUT2D eigenvalue weighted by molar-refractivity contribution is -0.124. The number of nitrogens with zero attached hydrogens (tertiary/aromatic N) is 2. The average molecular weight is 363 g/mol. The topological polar surface area (TPSA) is 55.8 Å². The zero-order valence-electron chi connectivity index (χ0n) is 16.1. The van der Waals surface area contributed by atoms with E-state index in [1.54, 1.807) is 11.9 Å². The highest BCUT2D eigenvalue weighted by Gasteiger charge is 2.35. The van der Waals surface area contributed by atoms with Crippen LogP contribution >= 0.6 is 0 Å². The number of amides is 1. The monoisotopic (exact) mass is 363 g/mol. The van der Waals surface area contributed by atoms with E-state index in [9.17, 15) is 9.90 Å². The molecule has 2 aliphatic heterocycles. The Hall–Kier alpha value is -1.82. The quantitative estimate of drug-likeness (QED) is 0.864. The first-order valence-electron chi connectivity index (χ1n) is 9.53. The Balaban J connectivity index is 2.08. The molecule has 1 aromatic carbocycles. The molecule has 1 aromatic rings. The zero-order valence-corrected chi connectivity index (χ0v) is 16.1. The van der Waals surface area contributed by atoms with Crippen LogP contribution in [0.3, 0.4) is 0 Å². The Bertz CT molecular complexity index is 679. The van der Waals surface area contributed by atoms with Crippen molar-refractivity contribution in [1.29, 1.82) is 0 Å². The number of benzene rings is 1. The number of rotatable bonds is 3. The van der Waals surface area contributed by atoms with Gasteiger partial charge in [-0.05, 0) is 36.3 Å². The predicted octanol–water partition coefficient (Wildman–Crippen LogP) is 2.17. The molecule has 2 aliphatic rings. The number of anilines is 2. The van der Waals surface area contributed by atoms with Crippen molar-refractivity contribution in [3.8, 4) is 0 Å². The molecule has 5 nitrogen and oxygen atoms in total. The fourth-order valence-corrected chi connectivity index (χ4v) is 4.32. The summed E-state index contributed by atoms with van der Waals surface area (Å²) in [5.74, 6) is 0.158. The van der Waals surface area contributed by atoms with Crippen molar-refractivity contribution in [2.45, 2.75) is 45.7 Å². The molecule has 1 fully saturated rings. The average Bonchev–Trinajstić information content (AvgIpc) is 2.98. The van der Waals surface area contributed by atoms with E-state index in [-0.39, 0.29) is 24.2 Å². The molecule has 3 atom stereocenters. The molecule has 1 amide bonds. The lowest BCUT2D eigenvalue weighted by Crippen LogP contribution is -2.54. The van der Waals surface area contributed by atoms with Gasteiger partial charge in [0.1, 0.15) is 6.04 Å². The van der Waals surface area contributed by atoms with Gasteiger partial charge in [-0.1, -0.05) is 26.8 Å². The van der Waals surface area contributed by atoms with Gasteiger partial charge in [0.25, 0.3) is 0 Å². The number of hydrogen-bond donors (Lipinski definition) is 2. The van der Waals surface area contributed by atoms with Gasteiger partial charge in [0.15, 0.2) is 5.82 Å². The Labute approximate surface area is 155 Å². The molecule has 0 bridgehead atoms. The van der Waals surface area contributed by atoms with Gasteiger partial charge >= 0.3 is 0 Å². The van der Waals surface area contributed by atoms with Gasteiger partial charge in [-0.2, -0.15) is 0 Å². The molecule has 0 saturated carbocycles. The van der Waals surface area contributed by atoms with Gasteiger partial charge in [-0.15, -0.1) is 0 Å². The second-order valence-electron chi connectivity index (χ2n) is 8.14. The van der Waals surface area contributed by atoms with Crippen LogP contribution in [-0.4, -0.2) is 49.8 Å². The minimum absolute atomic E-state index is 0.0140. The van der Waals surface area contributed by atoms with Gasteiger partial charge in [0.2, 0.25) is 5.91 Å². The van der Waals surface area contributed by atoms with E-state index in [1.165, 1.54) is 0 Å². The summed E-state index contributed by atoms with van der Waals surface area (Å²) in [5, 5.41) is 12.5. The Morgan fingerprint density at radius 3 is 2.69 bits per heavy atom. The first kappa shape index (κ1) is 19.0. The van der Waals surface area contributed by atoms with Crippen molar-refractivity contribution in [1.82, 2.24) is 5.32 Å². The van der Waals surface area contributed by atoms with Crippen LogP contribution in [0.1, 0.15) is 32.8 Å². The first-order valence-corrected chi connectivity index (χ1v) is 9.53. The van der Waals surface area contributed by atoms with E-state index in [2.05, 4.69) is 17.1 Å². The van der Waals surface area contributed by atoms with E-state index in [4.69, 9.17) is 0 Å². The molecule has 1 saturated heterocycles. The molecule has 0 radical (unpaired) electrons. The molecule has 1 unspecified atom stereocenters. The number of hydrogen-bond acceptors (Lipinski definition) is 4. The molecular weight excluding hydrogens is 333 g/mol. The minimum atomic E-state index is -0.481. The molecule has 0 aromatic heterocycles. The normalized spacial score (nSPS) is 26.6. The Kier molecular flexibility index (Phi) is 5.42. The van der Waals surface area contributed by atoms with Gasteiger partial charge in [-0.25, -0.2) is 4.39 Å². The lowest BCUT2D eigenvalue weighted by Gasteiger charge is -2.38. The van der Waals surface area contributed by atoms with Gasteiger partial charge < -0.3 is 20.2 Å². The molecule has 6 heteroatoms. The number of halogens is 1. The third kappa shape index (κ3) is 3.39. The highest BCUT2D eigenvalue weighted by molar-refractivity contribution is 5.87. The van der Waals surface area contributed by atoms with Crippen molar-refractivity contribution < 1.29 is 14.3 Å². The van der Waals surface area contributed by atoms with E-state index in [0.717, 1.165) is 25.1 Å². The molecule has 3 rings (SSSR count). The zero-order chi connectivity index (χ0) is 19.0. The molecule has 2 heterocycles. The fraction of sp³-hybridized carbons (Fsp3) is 0.650. The van der Waals surface area contributed by atoms with Crippen molar-refractivity contribution in [3.63, 3.8) is 0 Å². The number of aliphatic hydroxyl groups is 1. The fourth-order valence-electron chi connectivity index (χ4n) is 4.32. The number of nitrogens with one attached hydrogen (secondary N) is 1. The summed E-state index contributed by atoms with van der Waals surface area (Å²) < 4.78 is 15.6. The van der Waals surface area contributed by atoms with Crippen LogP contribution in [0.25, 0.3) is 0 Å². The number of carbonyl (C=O) groups excluding carboxylic acids is 1. The third-order valence-electron chi connectivity index (χ3n) is 5.65. The maximum Gasteiger partial charge on any atom is 0.243 e. The largest absolute Gasteiger partial charge is 0.394 e. The standard InChI is InChI=1S/C20H30FN3O2/c1-12(2)18-20(26)22-15(11-25)9-14-5-6-16(17(21)19(14)23(18)4)24-8-7-13(3)10-24/h5-6,12-13,15,18,25H,7-11H2,1-4H3,(H,22,26)/t13?,15-,18-/m1/s1. The smallest absolute Gasteiger partial charge is 0.243 e. The molecule has 0 aliphatic carbocycles. The maximum atomic E-state index is 15.6. The van der Waals surface area contributed by atoms with Crippen LogP contribution in [0.2, 0.25) is 0 Å². The molecule has 2 N–H and O–H groups in total. The summed E-state index contributed by atoms with van der Waals surface area (Å²) in [6, 6.07) is 2.92. The summed E-state index contributed by atoms with van der Waals surface area (Å²) in [5.41, 5.74) is 1.93. The number of fused-ring (bicyclic) bond motifs is 1. The van der Waals surface area contributed by atoms with Crippen LogP contribution in [0.15, 0.2) is 12.1 Å². The molecular formula is C20H30FN3O2. The van der Waals surface area contributed by atoms with E-state index in [0.29, 0.717) is 23.7 Å². The van der Waals surface area contributed by atoms with Crippen molar-refractivity contribution in [2.75, 3.05) is 36.5 Å².